The number of likely N-dealkylation sites (N-methyl/N-ethyl adjacent to an activating group) is 1. The highest BCUT2D eigenvalue weighted by Gasteiger charge is 2.20. The van der Waals surface area contributed by atoms with Gasteiger partial charge in [-0.25, -0.2) is 0 Å². The minimum atomic E-state index is -0.0484. The van der Waals surface area contributed by atoms with E-state index in [1.165, 1.54) is 0 Å². The highest BCUT2D eigenvalue weighted by molar-refractivity contribution is 5.95. The van der Waals surface area contributed by atoms with Crippen molar-refractivity contribution in [3.8, 4) is 17.2 Å². The summed E-state index contributed by atoms with van der Waals surface area (Å²) >= 11 is 0. The first-order chi connectivity index (χ1) is 13.2. The summed E-state index contributed by atoms with van der Waals surface area (Å²) in [6.45, 7) is 5.73. The zero-order chi connectivity index (χ0) is 19.1. The quantitative estimate of drug-likeness (QED) is 0.726. The van der Waals surface area contributed by atoms with Crippen LogP contribution in [0.4, 0.5) is 5.69 Å². The third-order valence-electron chi connectivity index (χ3n) is 4.12. The van der Waals surface area contributed by atoms with Gasteiger partial charge in [-0.1, -0.05) is 30.9 Å². The summed E-state index contributed by atoms with van der Waals surface area (Å²) in [6, 6.07) is 13.2. The van der Waals surface area contributed by atoms with E-state index in [9.17, 15) is 4.79 Å². The molecule has 0 saturated heterocycles. The molecule has 0 radical (unpaired) electrons. The number of rotatable bonds is 8. The molecule has 3 rings (SSSR count). The van der Waals surface area contributed by atoms with Gasteiger partial charge in [0.2, 0.25) is 5.91 Å². The molecule has 1 aliphatic rings. The van der Waals surface area contributed by atoms with Gasteiger partial charge in [0.05, 0.1) is 13.1 Å². The molecule has 0 bridgehead atoms. The summed E-state index contributed by atoms with van der Waals surface area (Å²) in [5.74, 6) is 2.03. The van der Waals surface area contributed by atoms with E-state index in [1.54, 1.807) is 18.0 Å². The van der Waals surface area contributed by atoms with Crippen molar-refractivity contribution in [2.24, 2.45) is 0 Å². The molecule has 142 valence electrons. The molecule has 1 N–H and O–H groups in total. The Bertz CT molecular complexity index is 807. The van der Waals surface area contributed by atoms with Crippen LogP contribution in [0, 0.1) is 0 Å². The maximum atomic E-state index is 12.8. The van der Waals surface area contributed by atoms with Gasteiger partial charge in [0, 0.05) is 17.3 Å². The van der Waals surface area contributed by atoms with E-state index < -0.39 is 0 Å². The average molecular weight is 368 g/mol. The molecule has 0 atom stereocenters. The van der Waals surface area contributed by atoms with Gasteiger partial charge in [0.25, 0.3) is 0 Å². The number of ether oxygens (including phenoxy) is 3. The number of amides is 1. The zero-order valence-corrected chi connectivity index (χ0v) is 15.4. The number of hydrogen-bond acceptors (Lipinski definition) is 5. The molecular formula is C21H24N2O4. The lowest BCUT2D eigenvalue weighted by atomic mass is 10.1. The average Bonchev–Trinajstić information content (AvgIpc) is 2.71. The molecule has 0 unspecified atom stereocenters. The van der Waals surface area contributed by atoms with E-state index in [-0.39, 0.29) is 12.5 Å². The number of hydrogen-bond donors (Lipinski definition) is 1. The topological polar surface area (TPSA) is 60.0 Å². The van der Waals surface area contributed by atoms with E-state index in [1.807, 2.05) is 42.5 Å². The Morgan fingerprint density at radius 1 is 1.22 bits per heavy atom. The SMILES string of the molecule is C=CCOc1ccccc1CN(C(=O)CNC)c1ccc2c(c1)OCCO2. The molecular weight excluding hydrogens is 344 g/mol. The van der Waals surface area contributed by atoms with E-state index in [4.69, 9.17) is 14.2 Å². The number of anilines is 1. The van der Waals surface area contributed by atoms with Crippen molar-refractivity contribution in [2.45, 2.75) is 6.54 Å². The van der Waals surface area contributed by atoms with Crippen LogP contribution in [0.3, 0.4) is 0 Å². The van der Waals surface area contributed by atoms with Gasteiger partial charge in [-0.3, -0.25) is 4.79 Å². The van der Waals surface area contributed by atoms with Gasteiger partial charge < -0.3 is 24.4 Å². The van der Waals surface area contributed by atoms with Crippen molar-refractivity contribution in [3.63, 3.8) is 0 Å². The predicted molar refractivity (Wildman–Crippen MR) is 105 cm³/mol. The van der Waals surface area contributed by atoms with Gasteiger partial charge in [-0.2, -0.15) is 0 Å². The van der Waals surface area contributed by atoms with E-state index in [0.717, 1.165) is 17.0 Å². The summed E-state index contributed by atoms with van der Waals surface area (Å²) in [5.41, 5.74) is 1.66. The first-order valence-corrected chi connectivity index (χ1v) is 8.89. The summed E-state index contributed by atoms with van der Waals surface area (Å²) in [7, 11) is 1.75. The molecule has 1 heterocycles. The van der Waals surface area contributed by atoms with Gasteiger partial charge in [0.1, 0.15) is 25.6 Å². The molecule has 2 aromatic rings. The Kier molecular flexibility index (Phi) is 6.33. The van der Waals surface area contributed by atoms with Gasteiger partial charge in [-0.15, -0.1) is 0 Å². The van der Waals surface area contributed by atoms with Crippen LogP contribution in [-0.4, -0.2) is 39.3 Å². The molecule has 27 heavy (non-hydrogen) atoms. The molecule has 6 heteroatoms. The smallest absolute Gasteiger partial charge is 0.241 e. The second-order valence-corrected chi connectivity index (χ2v) is 6.05. The highest BCUT2D eigenvalue weighted by Crippen LogP contribution is 2.35. The lowest BCUT2D eigenvalue weighted by Crippen LogP contribution is -2.37. The minimum absolute atomic E-state index is 0.0484. The third kappa shape index (κ3) is 4.60. The van der Waals surface area contributed by atoms with Crippen LogP contribution >= 0.6 is 0 Å². The van der Waals surface area contributed by atoms with E-state index >= 15 is 0 Å². The molecule has 0 aromatic heterocycles. The molecule has 2 aromatic carbocycles. The second kappa shape index (κ2) is 9.09. The largest absolute Gasteiger partial charge is 0.489 e. The monoisotopic (exact) mass is 368 g/mol. The number of nitrogens with one attached hydrogen (secondary N) is 1. The van der Waals surface area contributed by atoms with Crippen LogP contribution in [0.2, 0.25) is 0 Å². The second-order valence-electron chi connectivity index (χ2n) is 6.05. The van der Waals surface area contributed by atoms with Crippen LogP contribution in [0.5, 0.6) is 17.2 Å². The minimum Gasteiger partial charge on any atom is -0.489 e. The number of para-hydroxylation sites is 1. The lowest BCUT2D eigenvalue weighted by Gasteiger charge is -2.26. The van der Waals surface area contributed by atoms with Crippen LogP contribution in [-0.2, 0) is 11.3 Å². The molecule has 6 nitrogen and oxygen atoms in total. The first kappa shape index (κ1) is 18.8. The Labute approximate surface area is 159 Å². The summed E-state index contributed by atoms with van der Waals surface area (Å²) in [5, 5.41) is 2.92. The van der Waals surface area contributed by atoms with E-state index in [2.05, 4.69) is 11.9 Å². The van der Waals surface area contributed by atoms with Gasteiger partial charge in [0.15, 0.2) is 11.5 Å². The van der Waals surface area contributed by atoms with Crippen molar-refractivity contribution in [3.05, 3.63) is 60.7 Å². The number of fused-ring (bicyclic) bond motifs is 1. The van der Waals surface area contributed by atoms with Crippen molar-refractivity contribution >= 4 is 11.6 Å². The Hall–Kier alpha value is -2.99. The standard InChI is InChI=1S/C21H24N2O4/c1-3-10-25-18-7-5-4-6-16(18)15-23(21(24)14-22-2)17-8-9-19-20(13-17)27-12-11-26-19/h3-9,13,22H,1,10-12,14-15H2,2H3. The normalized spacial score (nSPS) is 12.3. The fourth-order valence-corrected chi connectivity index (χ4v) is 2.86. The Morgan fingerprint density at radius 3 is 2.78 bits per heavy atom. The van der Waals surface area contributed by atoms with Crippen LogP contribution in [0.15, 0.2) is 55.1 Å². The van der Waals surface area contributed by atoms with Gasteiger partial charge in [-0.05, 0) is 25.2 Å². The van der Waals surface area contributed by atoms with Crippen LogP contribution in [0.25, 0.3) is 0 Å². The van der Waals surface area contributed by atoms with Crippen molar-refractivity contribution < 1.29 is 19.0 Å². The fraction of sp³-hybridized carbons (Fsp3) is 0.286. The summed E-state index contributed by atoms with van der Waals surface area (Å²) in [6.07, 6.45) is 1.70. The maximum absolute atomic E-state index is 12.8. The molecule has 1 aliphatic heterocycles. The Balaban J connectivity index is 1.91. The molecule has 0 spiro atoms. The zero-order valence-electron chi connectivity index (χ0n) is 15.4. The van der Waals surface area contributed by atoms with Crippen molar-refractivity contribution in [1.29, 1.82) is 0 Å². The Morgan fingerprint density at radius 2 is 2.00 bits per heavy atom. The van der Waals surface area contributed by atoms with Crippen molar-refractivity contribution in [2.75, 3.05) is 38.3 Å². The summed E-state index contributed by atoms with van der Waals surface area (Å²) < 4.78 is 17.0. The number of carbonyl (C=O) groups is 1. The maximum Gasteiger partial charge on any atom is 0.241 e. The number of benzene rings is 2. The lowest BCUT2D eigenvalue weighted by molar-refractivity contribution is -0.117. The molecule has 0 saturated carbocycles. The highest BCUT2D eigenvalue weighted by atomic mass is 16.6. The van der Waals surface area contributed by atoms with Crippen molar-refractivity contribution in [1.82, 2.24) is 5.32 Å². The van der Waals surface area contributed by atoms with Gasteiger partial charge >= 0.3 is 0 Å². The van der Waals surface area contributed by atoms with Crippen LogP contribution < -0.4 is 24.4 Å². The summed E-state index contributed by atoms with van der Waals surface area (Å²) in [4.78, 5) is 14.5. The van der Waals surface area contributed by atoms with E-state index in [0.29, 0.717) is 37.9 Å². The number of nitrogens with zero attached hydrogens (tertiary/aromatic N) is 1. The fourth-order valence-electron chi connectivity index (χ4n) is 2.86. The molecule has 1 amide bonds. The third-order valence-corrected chi connectivity index (χ3v) is 4.12. The number of carbonyl (C=O) groups excluding carboxylic acids is 1. The first-order valence-electron chi connectivity index (χ1n) is 8.89. The predicted octanol–water partition coefficient (Wildman–Crippen LogP) is 2.78. The molecule has 0 fully saturated rings. The molecule has 0 aliphatic carbocycles. The van der Waals surface area contributed by atoms with Crippen LogP contribution in [0.1, 0.15) is 5.56 Å².